The summed E-state index contributed by atoms with van der Waals surface area (Å²) < 4.78 is 34.6. The number of unbranched alkanes of at least 4 members (excludes halogenated alkanes) is 2. The van der Waals surface area contributed by atoms with Crippen LogP contribution < -0.4 is 0 Å². The average Bonchev–Trinajstić information content (AvgIpc) is 3.29. The Morgan fingerprint density at radius 2 is 1.25 bits per heavy atom. The second-order valence-corrected chi connectivity index (χ2v) is 27.3. The zero-order chi connectivity index (χ0) is 47.2. The maximum atomic E-state index is 6.14. The number of allylic oxidation sites excluding steroid dienone is 15. The molecule has 356 valence electrons. The lowest BCUT2D eigenvalue weighted by atomic mass is 10.0. The van der Waals surface area contributed by atoms with E-state index in [0.29, 0.717) is 17.0 Å². The van der Waals surface area contributed by atoms with Crippen LogP contribution in [0.2, 0.25) is 0 Å². The van der Waals surface area contributed by atoms with Crippen LogP contribution in [0.25, 0.3) is 0 Å². The van der Waals surface area contributed by atoms with Gasteiger partial charge in [0.05, 0.1) is 35.8 Å². The van der Waals surface area contributed by atoms with Gasteiger partial charge in [-0.15, -0.1) is 0 Å². The van der Waals surface area contributed by atoms with Crippen LogP contribution in [0.5, 0.6) is 0 Å². The van der Waals surface area contributed by atoms with Gasteiger partial charge in [0.25, 0.3) is 0 Å². The Hall–Kier alpha value is 1.38. The standard InChI is InChI=1S/C23H36O3P6.C20H38O3P6.C2H6/c1-2-3-4-12-17-21(24-27)18-13-7-5-6-8-14-19-22(26-32(29)30)23(25-31-28)20-15-10-9-11-16-20;1-3-5-16-19(21-24)20(22-28-25)17-14-12-10-8-6-7-9-11-13-15-18(4-2)23-29(26)27;1-2/h4-16,18-19,21-23,31H,2-3,17,27-30H2,1H3;6,8-9,11-15,17-19,28H,3-5,7,10,16,24-27H2,1-2H3;1-2H3/b7-5-,8-6+,12-4-,18-13+,19-14+;8-6-,11-9-,14-12+,15-13+,20-17?;. The molecule has 0 radical (unpaired) electrons. The summed E-state index contributed by atoms with van der Waals surface area (Å²) in [5.74, 6) is 0.891. The molecule has 18 heteroatoms. The molecule has 1 rings (SSSR count). The Balaban J connectivity index is 0. The largest absolute Gasteiger partial charge is 0.475 e. The molecule has 0 aliphatic carbocycles. The molecule has 1 aromatic carbocycles. The van der Waals surface area contributed by atoms with Crippen molar-refractivity contribution in [3.05, 3.63) is 157 Å². The first-order valence-corrected chi connectivity index (χ1v) is 36.7. The summed E-state index contributed by atoms with van der Waals surface area (Å²) in [7, 11) is 20.3. The van der Waals surface area contributed by atoms with Crippen molar-refractivity contribution in [2.75, 3.05) is 0 Å². The molecule has 0 aliphatic rings. The quantitative estimate of drug-likeness (QED) is 0.0303. The molecule has 6 nitrogen and oxygen atoms in total. The molecule has 0 saturated carbocycles. The van der Waals surface area contributed by atoms with E-state index in [1.165, 1.54) is 6.42 Å². The summed E-state index contributed by atoms with van der Waals surface area (Å²) in [4.78, 5) is 0. The maximum absolute atomic E-state index is 6.14. The van der Waals surface area contributed by atoms with Crippen molar-refractivity contribution in [1.82, 2.24) is 0 Å². The molecular formula is C45H80O6P12. The van der Waals surface area contributed by atoms with Gasteiger partial charge in [0, 0.05) is 27.4 Å². The van der Waals surface area contributed by atoms with E-state index in [9.17, 15) is 0 Å². The summed E-state index contributed by atoms with van der Waals surface area (Å²) in [6.07, 6.45) is 48.6. The monoisotopic (exact) mass is 1090 g/mol. The molecule has 0 fully saturated rings. The van der Waals surface area contributed by atoms with Gasteiger partial charge < -0.3 is 27.1 Å². The molecule has 0 amide bonds. The Labute approximate surface area is 409 Å². The van der Waals surface area contributed by atoms with Crippen molar-refractivity contribution in [1.29, 1.82) is 0 Å². The lowest BCUT2D eigenvalue weighted by Gasteiger charge is -2.26. The van der Waals surface area contributed by atoms with Gasteiger partial charge in [-0.25, -0.2) is 0 Å². The van der Waals surface area contributed by atoms with E-state index in [1.54, 1.807) is 0 Å². The lowest BCUT2D eigenvalue weighted by molar-refractivity contribution is 0.112. The number of hydrogen-bond donors (Lipinski definition) is 0. The molecule has 0 heterocycles. The van der Waals surface area contributed by atoms with Gasteiger partial charge in [0.15, 0.2) is 0 Å². The minimum atomic E-state index is -0.688. The highest BCUT2D eigenvalue weighted by Gasteiger charge is 2.23. The summed E-state index contributed by atoms with van der Waals surface area (Å²) in [6.45, 7) is 10.5. The number of benzene rings is 1. The van der Waals surface area contributed by atoms with E-state index in [4.69, 9.17) is 27.1 Å². The third-order valence-electron chi connectivity index (χ3n) is 8.03. The van der Waals surface area contributed by atoms with Crippen LogP contribution in [0.3, 0.4) is 0 Å². The van der Waals surface area contributed by atoms with E-state index in [1.807, 2.05) is 86.7 Å². The van der Waals surface area contributed by atoms with Gasteiger partial charge in [-0.2, -0.15) is 0 Å². The molecule has 15 atom stereocenters. The highest BCUT2D eigenvalue weighted by Crippen LogP contribution is 2.56. The molecule has 0 N–H and O–H groups in total. The average molecular weight is 1090 g/mol. The smallest absolute Gasteiger partial charge is 0.129 e. The van der Waals surface area contributed by atoms with Crippen LogP contribution in [-0.2, 0) is 27.1 Å². The number of hydrogen-bond acceptors (Lipinski definition) is 6. The van der Waals surface area contributed by atoms with Gasteiger partial charge in [-0.3, -0.25) is 0 Å². The number of rotatable bonds is 33. The van der Waals surface area contributed by atoms with Gasteiger partial charge in [0.1, 0.15) is 24.1 Å². The second kappa shape index (κ2) is 51.2. The van der Waals surface area contributed by atoms with Gasteiger partial charge in [0.2, 0.25) is 0 Å². The van der Waals surface area contributed by atoms with Crippen LogP contribution in [0.15, 0.2) is 152 Å². The van der Waals surface area contributed by atoms with Crippen LogP contribution in [0.1, 0.15) is 104 Å². The lowest BCUT2D eigenvalue weighted by Crippen LogP contribution is -2.18. The topological polar surface area (TPSA) is 55.4 Å². The zero-order valence-corrected chi connectivity index (χ0v) is 51.1. The normalized spacial score (nSPS) is 15.6. The Morgan fingerprint density at radius 1 is 0.651 bits per heavy atom. The Bertz CT molecular complexity index is 1480. The van der Waals surface area contributed by atoms with E-state index in [2.05, 4.69) is 166 Å². The van der Waals surface area contributed by atoms with E-state index in [-0.39, 0.29) is 30.5 Å². The molecule has 0 bridgehead atoms. The highest BCUT2D eigenvalue weighted by atomic mass is 32.4. The van der Waals surface area contributed by atoms with Crippen LogP contribution >= 0.6 is 105 Å². The molecule has 1 aromatic rings. The van der Waals surface area contributed by atoms with Crippen LogP contribution in [0, 0.1) is 0 Å². The minimum absolute atomic E-state index is 0.00299. The van der Waals surface area contributed by atoms with Crippen LogP contribution in [0.4, 0.5) is 0 Å². The molecule has 0 saturated heterocycles. The highest BCUT2D eigenvalue weighted by molar-refractivity contribution is 8.41. The fourth-order valence-electron chi connectivity index (χ4n) is 4.97. The van der Waals surface area contributed by atoms with Crippen molar-refractivity contribution in [3.63, 3.8) is 0 Å². The fraction of sp³-hybridized carbons (Fsp3) is 0.422. The summed E-state index contributed by atoms with van der Waals surface area (Å²) in [5, 5.41) is 0. The van der Waals surface area contributed by atoms with Gasteiger partial charge in [-0.1, -0.05) is 247 Å². The summed E-state index contributed by atoms with van der Waals surface area (Å²) >= 11 is 0. The second-order valence-electron chi connectivity index (χ2n) is 12.9. The fourth-order valence-corrected chi connectivity index (χ4v) is 9.81. The first-order chi connectivity index (χ1) is 30.7. The molecular weight excluding hydrogens is 1010 g/mol. The molecule has 15 unspecified atom stereocenters. The van der Waals surface area contributed by atoms with Gasteiger partial charge >= 0.3 is 0 Å². The van der Waals surface area contributed by atoms with Crippen molar-refractivity contribution in [2.24, 2.45) is 0 Å². The van der Waals surface area contributed by atoms with Crippen molar-refractivity contribution in [2.45, 2.75) is 123 Å². The molecule has 63 heavy (non-hydrogen) atoms. The third-order valence-corrected chi connectivity index (χ3v) is 12.7. The maximum Gasteiger partial charge on any atom is 0.129 e. The molecule has 0 aromatic heterocycles. The Morgan fingerprint density at radius 3 is 1.81 bits per heavy atom. The van der Waals surface area contributed by atoms with Crippen molar-refractivity contribution < 1.29 is 27.1 Å². The van der Waals surface area contributed by atoms with Crippen LogP contribution in [-0.4, -0.2) is 24.4 Å². The molecule has 0 spiro atoms. The predicted molar refractivity (Wildman–Crippen MR) is 319 cm³/mol. The first kappa shape index (κ1) is 66.5. The minimum Gasteiger partial charge on any atom is -0.475 e. The molecule has 0 aliphatic heterocycles. The zero-order valence-electron chi connectivity index (χ0n) is 38.1. The van der Waals surface area contributed by atoms with E-state index >= 15 is 0 Å². The SMILES string of the molecule is CC.CCC/C=C\CC(/C=C/C=C\C=C\C=C\C(OP(P)P)C(OPP)c1ccccc1)OP.CCCCC(OP)C(=C/C=C/C/C=C\C/C=C\C=C\C(CC)OP(P)P)OPP. The van der Waals surface area contributed by atoms with Gasteiger partial charge in [-0.05, 0) is 50.2 Å². The summed E-state index contributed by atoms with van der Waals surface area (Å²) in [6, 6.07) is 10.2. The van der Waals surface area contributed by atoms with Crippen molar-refractivity contribution >= 4 is 105 Å². The van der Waals surface area contributed by atoms with Crippen molar-refractivity contribution in [3.8, 4) is 0 Å². The van der Waals surface area contributed by atoms with E-state index < -0.39 is 15.1 Å². The Kier molecular flexibility index (Phi) is 54.1. The van der Waals surface area contributed by atoms with E-state index in [0.717, 1.165) is 62.7 Å². The first-order valence-electron chi connectivity index (χ1n) is 21.3. The third kappa shape index (κ3) is 40.9. The predicted octanol–water partition coefficient (Wildman–Crippen LogP) is 18.1. The summed E-state index contributed by atoms with van der Waals surface area (Å²) in [5.41, 5.74) is 1.10.